The highest BCUT2D eigenvalue weighted by atomic mass is 32.1. The molecule has 0 aliphatic heterocycles. The largest absolute Gasteiger partial charge is 0.359 e. The molecule has 2 aromatic rings. The molecule has 0 atom stereocenters. The maximum absolute atomic E-state index is 11.3. The van der Waals surface area contributed by atoms with E-state index in [1.165, 1.54) is 0 Å². The van der Waals surface area contributed by atoms with Crippen LogP contribution in [0.5, 0.6) is 0 Å². The van der Waals surface area contributed by atoms with Crippen molar-refractivity contribution in [2.75, 3.05) is 12.4 Å². The van der Waals surface area contributed by atoms with Gasteiger partial charge in [0.25, 0.3) is 5.56 Å². The van der Waals surface area contributed by atoms with Gasteiger partial charge in [0, 0.05) is 7.05 Å². The zero-order valence-electron chi connectivity index (χ0n) is 6.67. The Bertz CT molecular complexity index is 551. The molecule has 0 unspecified atom stereocenters. The van der Waals surface area contributed by atoms with Crippen molar-refractivity contribution in [3.8, 4) is 0 Å². The van der Waals surface area contributed by atoms with E-state index in [-0.39, 0.29) is 10.4 Å². The van der Waals surface area contributed by atoms with E-state index in [0.717, 1.165) is 11.3 Å². The zero-order valence-corrected chi connectivity index (χ0v) is 7.49. The first-order valence-electron chi connectivity index (χ1n) is 3.51. The number of anilines is 1. The second-order valence-corrected chi connectivity index (χ2v) is 3.34. The Morgan fingerprint density at radius 1 is 1.38 bits per heavy atom. The van der Waals surface area contributed by atoms with E-state index < -0.39 is 0 Å². The van der Waals surface area contributed by atoms with Gasteiger partial charge in [0.1, 0.15) is 4.70 Å². The molecule has 6 nitrogen and oxygen atoms in total. The fourth-order valence-electron chi connectivity index (χ4n) is 0.975. The number of nitrogens with one attached hydrogen (secondary N) is 3. The van der Waals surface area contributed by atoms with Crippen LogP contribution in [0.2, 0.25) is 0 Å². The van der Waals surface area contributed by atoms with Crippen LogP contribution in [0.1, 0.15) is 0 Å². The summed E-state index contributed by atoms with van der Waals surface area (Å²) in [5.41, 5.74) is 0.0146. The third-order valence-corrected chi connectivity index (χ3v) is 2.40. The molecule has 0 saturated heterocycles. The number of fused-ring (bicyclic) bond motifs is 1. The Balaban J connectivity index is 2.91. The average Bonchev–Trinajstić information content (AvgIpc) is 2.46. The Hall–Kier alpha value is -1.63. The van der Waals surface area contributed by atoms with Gasteiger partial charge in [-0.3, -0.25) is 19.6 Å². The van der Waals surface area contributed by atoms with Crippen molar-refractivity contribution < 1.29 is 0 Å². The minimum atomic E-state index is -0.308. The average molecular weight is 198 g/mol. The van der Waals surface area contributed by atoms with Gasteiger partial charge in [-0.2, -0.15) is 4.98 Å². The van der Waals surface area contributed by atoms with Crippen LogP contribution in [0.25, 0.3) is 10.3 Å². The van der Waals surface area contributed by atoms with E-state index in [4.69, 9.17) is 0 Å². The summed E-state index contributed by atoms with van der Waals surface area (Å²) >= 11 is 0.853. The van der Waals surface area contributed by atoms with E-state index in [1.807, 2.05) is 0 Å². The fraction of sp³-hybridized carbons (Fsp3) is 0.167. The van der Waals surface area contributed by atoms with Crippen molar-refractivity contribution in [1.29, 1.82) is 0 Å². The second kappa shape index (κ2) is 2.70. The Kier molecular flexibility index (Phi) is 1.66. The van der Waals surface area contributed by atoms with Crippen molar-refractivity contribution >= 4 is 27.6 Å². The first kappa shape index (κ1) is 7.99. The molecule has 7 heteroatoms. The van der Waals surface area contributed by atoms with Gasteiger partial charge in [-0.1, -0.05) is 11.3 Å². The number of nitrogens with zero attached hydrogens (tertiary/aromatic N) is 1. The molecule has 0 radical (unpaired) electrons. The molecule has 2 aromatic heterocycles. The first-order chi connectivity index (χ1) is 6.20. The number of H-pyrrole nitrogens is 2. The molecule has 13 heavy (non-hydrogen) atoms. The second-order valence-electron chi connectivity index (χ2n) is 2.36. The monoisotopic (exact) mass is 198 g/mol. The van der Waals surface area contributed by atoms with Gasteiger partial charge >= 0.3 is 4.87 Å². The standard InChI is InChI=1S/C6H6N4O2S/c1-7-5-8-3-2(4(11)10-5)13-6(12)9-3/h1H3,(H3,7,8,9,10,11,12). The normalized spacial score (nSPS) is 10.5. The van der Waals surface area contributed by atoms with Crippen LogP contribution >= 0.6 is 11.3 Å². The van der Waals surface area contributed by atoms with Gasteiger partial charge < -0.3 is 5.32 Å². The molecule has 0 spiro atoms. The lowest BCUT2D eigenvalue weighted by Crippen LogP contribution is -2.09. The van der Waals surface area contributed by atoms with Crippen LogP contribution in [-0.4, -0.2) is 22.0 Å². The summed E-state index contributed by atoms with van der Waals surface area (Å²) in [5.74, 6) is 0.339. The minimum Gasteiger partial charge on any atom is -0.359 e. The molecule has 68 valence electrons. The Morgan fingerprint density at radius 2 is 2.15 bits per heavy atom. The molecule has 0 bridgehead atoms. The van der Waals surface area contributed by atoms with Crippen molar-refractivity contribution in [3.63, 3.8) is 0 Å². The van der Waals surface area contributed by atoms with Gasteiger partial charge in [0.2, 0.25) is 5.95 Å². The molecule has 0 aromatic carbocycles. The van der Waals surface area contributed by atoms with E-state index in [1.54, 1.807) is 7.05 Å². The minimum absolute atomic E-state index is 0.277. The third kappa shape index (κ3) is 1.22. The van der Waals surface area contributed by atoms with Crippen LogP contribution in [0, 0.1) is 0 Å². The van der Waals surface area contributed by atoms with Crippen LogP contribution in [-0.2, 0) is 0 Å². The number of hydrogen-bond acceptors (Lipinski definition) is 5. The van der Waals surface area contributed by atoms with Gasteiger partial charge in [-0.05, 0) is 0 Å². The SMILES string of the molecule is CNc1nc2[nH]c(=O)sc2c(=O)[nH]1. The van der Waals surface area contributed by atoms with Crippen molar-refractivity contribution in [2.24, 2.45) is 0 Å². The van der Waals surface area contributed by atoms with Gasteiger partial charge in [-0.15, -0.1) is 0 Å². The maximum atomic E-state index is 11.3. The third-order valence-electron chi connectivity index (χ3n) is 1.53. The van der Waals surface area contributed by atoms with Crippen LogP contribution in [0.3, 0.4) is 0 Å². The predicted octanol–water partition coefficient (Wildman–Crippen LogP) is -0.285. The topological polar surface area (TPSA) is 90.6 Å². The first-order valence-corrected chi connectivity index (χ1v) is 4.33. The highest BCUT2D eigenvalue weighted by Gasteiger charge is 2.05. The van der Waals surface area contributed by atoms with Crippen molar-refractivity contribution in [2.45, 2.75) is 0 Å². The highest BCUT2D eigenvalue weighted by molar-refractivity contribution is 7.16. The number of aromatic amines is 2. The van der Waals surface area contributed by atoms with E-state index >= 15 is 0 Å². The molecule has 3 N–H and O–H groups in total. The summed E-state index contributed by atoms with van der Waals surface area (Å²) in [6.07, 6.45) is 0. The molecule has 2 heterocycles. The quantitative estimate of drug-likeness (QED) is 0.587. The fourth-order valence-corrected chi connectivity index (χ4v) is 1.65. The van der Waals surface area contributed by atoms with Gasteiger partial charge in [-0.25, -0.2) is 0 Å². The molecule has 0 aliphatic rings. The lowest BCUT2D eigenvalue weighted by Gasteiger charge is -1.95. The van der Waals surface area contributed by atoms with Gasteiger partial charge in [0.05, 0.1) is 0 Å². The van der Waals surface area contributed by atoms with Crippen molar-refractivity contribution in [3.05, 3.63) is 20.0 Å². The van der Waals surface area contributed by atoms with Crippen LogP contribution in [0.15, 0.2) is 9.59 Å². The maximum Gasteiger partial charge on any atom is 0.306 e. The Morgan fingerprint density at radius 3 is 2.85 bits per heavy atom. The lowest BCUT2D eigenvalue weighted by molar-refractivity contribution is 1.14. The summed E-state index contributed by atoms with van der Waals surface area (Å²) in [6.45, 7) is 0. The number of thiazole rings is 1. The number of rotatable bonds is 1. The van der Waals surface area contributed by atoms with E-state index in [9.17, 15) is 9.59 Å². The molecule has 0 fully saturated rings. The predicted molar refractivity (Wildman–Crippen MR) is 50.4 cm³/mol. The highest BCUT2D eigenvalue weighted by Crippen LogP contribution is 2.06. The van der Waals surface area contributed by atoms with E-state index in [2.05, 4.69) is 20.3 Å². The van der Waals surface area contributed by atoms with Crippen molar-refractivity contribution in [1.82, 2.24) is 15.0 Å². The molecular weight excluding hydrogens is 192 g/mol. The van der Waals surface area contributed by atoms with Gasteiger partial charge in [0.15, 0.2) is 5.65 Å². The van der Waals surface area contributed by atoms with Crippen LogP contribution in [0.4, 0.5) is 5.95 Å². The Labute approximate surface area is 75.7 Å². The summed E-state index contributed by atoms with van der Waals surface area (Å²) < 4.78 is 0.323. The zero-order chi connectivity index (χ0) is 9.42. The smallest absolute Gasteiger partial charge is 0.306 e. The summed E-state index contributed by atoms with van der Waals surface area (Å²) in [5, 5.41) is 2.69. The summed E-state index contributed by atoms with van der Waals surface area (Å²) in [4.78, 5) is 30.8. The lowest BCUT2D eigenvalue weighted by atomic mass is 10.6. The molecule has 0 aliphatic carbocycles. The summed E-state index contributed by atoms with van der Waals surface area (Å²) in [6, 6.07) is 0. The molecule has 0 amide bonds. The molecule has 2 rings (SSSR count). The molecular formula is C6H6N4O2S. The molecule has 0 saturated carbocycles. The number of hydrogen-bond donors (Lipinski definition) is 3. The number of aromatic nitrogens is 3. The summed E-state index contributed by atoms with van der Waals surface area (Å²) in [7, 11) is 1.63. The van der Waals surface area contributed by atoms with E-state index in [0.29, 0.717) is 16.3 Å². The van der Waals surface area contributed by atoms with Crippen LogP contribution < -0.4 is 15.7 Å².